The maximum absolute atomic E-state index is 11.9. The van der Waals surface area contributed by atoms with E-state index in [2.05, 4.69) is 32.9 Å². The van der Waals surface area contributed by atoms with Gasteiger partial charge in [-0.25, -0.2) is 0 Å². The lowest BCUT2D eigenvalue weighted by molar-refractivity contribution is -0.137. The SMILES string of the molecule is CN(Cc1ccc(C(C)(C)C)cc1)C(=O)CCCC(=O)O. The van der Waals surface area contributed by atoms with Crippen LogP contribution in [0.15, 0.2) is 24.3 Å². The molecule has 1 N–H and O–H groups in total. The molecule has 4 nitrogen and oxygen atoms in total. The number of carboxylic acid groups (broad SMARTS) is 1. The van der Waals surface area contributed by atoms with Crippen LogP contribution in [0.25, 0.3) is 0 Å². The second-order valence-electron chi connectivity index (χ2n) is 6.44. The van der Waals surface area contributed by atoms with Crippen LogP contribution >= 0.6 is 0 Å². The first kappa shape index (κ1) is 17.2. The largest absolute Gasteiger partial charge is 0.481 e. The molecule has 4 heteroatoms. The fourth-order valence-corrected chi connectivity index (χ4v) is 2.05. The Labute approximate surface area is 126 Å². The summed E-state index contributed by atoms with van der Waals surface area (Å²) in [5, 5.41) is 8.57. The van der Waals surface area contributed by atoms with Crippen molar-refractivity contribution < 1.29 is 14.7 Å². The molecule has 21 heavy (non-hydrogen) atoms. The number of rotatable bonds is 6. The van der Waals surface area contributed by atoms with Gasteiger partial charge in [0.1, 0.15) is 0 Å². The minimum atomic E-state index is -0.858. The van der Waals surface area contributed by atoms with Crippen LogP contribution in [0.2, 0.25) is 0 Å². The van der Waals surface area contributed by atoms with Crippen molar-refractivity contribution >= 4 is 11.9 Å². The number of amides is 1. The zero-order chi connectivity index (χ0) is 16.0. The number of aliphatic carboxylic acids is 1. The second-order valence-corrected chi connectivity index (χ2v) is 6.44. The van der Waals surface area contributed by atoms with Gasteiger partial charge in [-0.3, -0.25) is 9.59 Å². The van der Waals surface area contributed by atoms with Gasteiger partial charge in [0.25, 0.3) is 0 Å². The van der Waals surface area contributed by atoms with Crippen LogP contribution in [0.5, 0.6) is 0 Å². The first-order chi connectivity index (χ1) is 9.70. The Bertz CT molecular complexity index is 486. The summed E-state index contributed by atoms with van der Waals surface area (Å²) in [4.78, 5) is 24.0. The molecule has 1 aromatic carbocycles. The molecule has 1 amide bonds. The predicted octanol–water partition coefficient (Wildman–Crippen LogP) is 3.20. The monoisotopic (exact) mass is 291 g/mol. The Morgan fingerprint density at radius 3 is 2.14 bits per heavy atom. The second kappa shape index (κ2) is 7.25. The molecule has 0 unspecified atom stereocenters. The van der Waals surface area contributed by atoms with Crippen molar-refractivity contribution in [1.29, 1.82) is 0 Å². The third kappa shape index (κ3) is 5.98. The van der Waals surface area contributed by atoms with Crippen LogP contribution in [0.3, 0.4) is 0 Å². The molecule has 0 spiro atoms. The van der Waals surface area contributed by atoms with Gasteiger partial charge in [-0.15, -0.1) is 0 Å². The summed E-state index contributed by atoms with van der Waals surface area (Å²) in [6, 6.07) is 8.28. The van der Waals surface area contributed by atoms with Gasteiger partial charge >= 0.3 is 5.97 Å². The van der Waals surface area contributed by atoms with E-state index in [0.717, 1.165) is 5.56 Å². The number of benzene rings is 1. The average Bonchev–Trinajstić information content (AvgIpc) is 2.37. The number of hydrogen-bond donors (Lipinski definition) is 1. The Hall–Kier alpha value is -1.84. The molecule has 0 aliphatic carbocycles. The molecule has 0 saturated heterocycles. The van der Waals surface area contributed by atoms with E-state index in [-0.39, 0.29) is 24.2 Å². The molecular formula is C17H25NO3. The van der Waals surface area contributed by atoms with Gasteiger partial charge in [0.2, 0.25) is 5.91 Å². The number of carboxylic acids is 1. The Balaban J connectivity index is 2.52. The topological polar surface area (TPSA) is 57.6 Å². The number of hydrogen-bond acceptors (Lipinski definition) is 2. The van der Waals surface area contributed by atoms with Crippen LogP contribution in [-0.2, 0) is 21.5 Å². The van der Waals surface area contributed by atoms with E-state index in [1.165, 1.54) is 5.56 Å². The van der Waals surface area contributed by atoms with Crippen molar-refractivity contribution in [2.24, 2.45) is 0 Å². The van der Waals surface area contributed by atoms with Crippen LogP contribution in [0.1, 0.15) is 51.2 Å². The van der Waals surface area contributed by atoms with Gasteiger partial charge in [-0.2, -0.15) is 0 Å². The summed E-state index contributed by atoms with van der Waals surface area (Å²) in [6.07, 6.45) is 0.713. The lowest BCUT2D eigenvalue weighted by Crippen LogP contribution is -2.26. The highest BCUT2D eigenvalue weighted by Crippen LogP contribution is 2.22. The van der Waals surface area contributed by atoms with Gasteiger partial charge in [-0.1, -0.05) is 45.0 Å². The quantitative estimate of drug-likeness (QED) is 0.875. The Morgan fingerprint density at radius 1 is 1.10 bits per heavy atom. The number of nitrogens with zero attached hydrogens (tertiary/aromatic N) is 1. The van der Waals surface area contributed by atoms with Gasteiger partial charge in [0.05, 0.1) is 0 Å². The summed E-state index contributed by atoms with van der Waals surface area (Å²) in [5.41, 5.74) is 2.47. The highest BCUT2D eigenvalue weighted by atomic mass is 16.4. The predicted molar refractivity (Wildman–Crippen MR) is 83.1 cm³/mol. The molecule has 0 aliphatic rings. The zero-order valence-corrected chi connectivity index (χ0v) is 13.3. The van der Waals surface area contributed by atoms with Crippen molar-refractivity contribution in [3.8, 4) is 0 Å². The molecule has 0 saturated carbocycles. The molecule has 1 rings (SSSR count). The van der Waals surface area contributed by atoms with Gasteiger partial charge in [0, 0.05) is 26.4 Å². The molecule has 0 fully saturated rings. The van der Waals surface area contributed by atoms with E-state index in [0.29, 0.717) is 13.0 Å². The highest BCUT2D eigenvalue weighted by Gasteiger charge is 2.14. The molecule has 1 aromatic rings. The maximum atomic E-state index is 11.9. The number of carbonyl (C=O) groups is 2. The van der Waals surface area contributed by atoms with Gasteiger partial charge in [-0.05, 0) is 23.0 Å². The first-order valence-electron chi connectivity index (χ1n) is 7.25. The van der Waals surface area contributed by atoms with Crippen LogP contribution < -0.4 is 0 Å². The fraction of sp³-hybridized carbons (Fsp3) is 0.529. The lowest BCUT2D eigenvalue weighted by atomic mass is 9.87. The van der Waals surface area contributed by atoms with Crippen molar-refractivity contribution in [3.63, 3.8) is 0 Å². The van der Waals surface area contributed by atoms with E-state index < -0.39 is 5.97 Å². The van der Waals surface area contributed by atoms with E-state index in [9.17, 15) is 9.59 Å². The third-order valence-electron chi connectivity index (χ3n) is 3.45. The number of carbonyl (C=O) groups excluding carboxylic acids is 1. The van der Waals surface area contributed by atoms with Crippen molar-refractivity contribution in [1.82, 2.24) is 4.90 Å². The van der Waals surface area contributed by atoms with Gasteiger partial charge in [0.15, 0.2) is 0 Å². The normalized spacial score (nSPS) is 11.2. The van der Waals surface area contributed by atoms with Crippen LogP contribution in [-0.4, -0.2) is 28.9 Å². The highest BCUT2D eigenvalue weighted by molar-refractivity contribution is 5.76. The van der Waals surface area contributed by atoms with Gasteiger partial charge < -0.3 is 10.0 Å². The summed E-state index contributed by atoms with van der Waals surface area (Å²) < 4.78 is 0. The Kier molecular flexibility index (Phi) is 5.94. The minimum Gasteiger partial charge on any atom is -0.481 e. The molecule has 0 heterocycles. The van der Waals surface area contributed by atoms with E-state index in [1.807, 2.05) is 12.1 Å². The van der Waals surface area contributed by atoms with Crippen molar-refractivity contribution in [2.75, 3.05) is 7.05 Å². The summed E-state index contributed by atoms with van der Waals surface area (Å²) >= 11 is 0. The van der Waals surface area contributed by atoms with Crippen molar-refractivity contribution in [3.05, 3.63) is 35.4 Å². The molecular weight excluding hydrogens is 266 g/mol. The molecule has 0 aliphatic heterocycles. The average molecular weight is 291 g/mol. The van der Waals surface area contributed by atoms with Crippen LogP contribution in [0, 0.1) is 0 Å². The Morgan fingerprint density at radius 2 is 1.67 bits per heavy atom. The molecule has 0 bridgehead atoms. The molecule has 0 radical (unpaired) electrons. The standard InChI is InChI=1S/C17H25NO3/c1-17(2,3)14-10-8-13(9-11-14)12-18(4)15(19)6-5-7-16(20)21/h8-11H,5-7,12H2,1-4H3,(H,20,21). The third-order valence-corrected chi connectivity index (χ3v) is 3.45. The van der Waals surface area contributed by atoms with E-state index in [4.69, 9.17) is 5.11 Å². The molecule has 116 valence electrons. The zero-order valence-electron chi connectivity index (χ0n) is 13.3. The first-order valence-corrected chi connectivity index (χ1v) is 7.25. The summed E-state index contributed by atoms with van der Waals surface area (Å²) in [6.45, 7) is 7.05. The van der Waals surface area contributed by atoms with E-state index >= 15 is 0 Å². The lowest BCUT2D eigenvalue weighted by Gasteiger charge is -2.21. The summed E-state index contributed by atoms with van der Waals surface area (Å²) in [7, 11) is 1.75. The molecule has 0 atom stereocenters. The summed E-state index contributed by atoms with van der Waals surface area (Å²) in [5.74, 6) is -0.876. The van der Waals surface area contributed by atoms with E-state index in [1.54, 1.807) is 11.9 Å². The minimum absolute atomic E-state index is 0.0175. The van der Waals surface area contributed by atoms with Crippen molar-refractivity contribution in [2.45, 2.75) is 52.0 Å². The maximum Gasteiger partial charge on any atom is 0.303 e. The van der Waals surface area contributed by atoms with Crippen LogP contribution in [0.4, 0.5) is 0 Å². The molecule has 0 aromatic heterocycles. The smallest absolute Gasteiger partial charge is 0.303 e. The fourth-order valence-electron chi connectivity index (χ4n) is 2.05.